The molecule has 0 atom stereocenters. The molecule has 2 nitrogen and oxygen atoms in total. The van der Waals surface area contributed by atoms with Crippen LogP contribution in [-0.4, -0.2) is 0 Å². The second-order valence-electron chi connectivity index (χ2n) is 14.8. The van der Waals surface area contributed by atoms with Gasteiger partial charge in [-0.3, -0.25) is 0 Å². The molecular formula is C56H37NO. The second kappa shape index (κ2) is 14.1. The predicted molar refractivity (Wildman–Crippen MR) is 245 cm³/mol. The lowest BCUT2D eigenvalue weighted by atomic mass is 9.92. The Morgan fingerprint density at radius 2 is 0.828 bits per heavy atom. The smallest absolute Gasteiger partial charge is 0.143 e. The molecular weight excluding hydrogens is 703 g/mol. The molecule has 0 saturated carbocycles. The minimum atomic E-state index is 0.850. The van der Waals surface area contributed by atoms with E-state index in [0.717, 1.165) is 55.5 Å². The number of para-hydroxylation sites is 1. The maximum Gasteiger partial charge on any atom is 0.143 e. The Hall–Kier alpha value is -7.68. The Kier molecular flexibility index (Phi) is 8.19. The SMILES string of the molecule is c1ccc(-c2ccc(-c3ccccc3N(c3ccc(-c4ccccc4)cc3)c3cccc4oc5c6ccccc6c(-c6cccc7ccccc67)cc5c34)cc2)cc1. The van der Waals surface area contributed by atoms with E-state index in [2.05, 4.69) is 229 Å². The van der Waals surface area contributed by atoms with Crippen LogP contribution in [0.25, 0.3) is 88.0 Å². The van der Waals surface area contributed by atoms with Crippen LogP contribution in [0.15, 0.2) is 229 Å². The predicted octanol–water partition coefficient (Wildman–Crippen LogP) is 16.0. The van der Waals surface area contributed by atoms with E-state index < -0.39 is 0 Å². The molecule has 0 bridgehead atoms. The number of furan rings is 1. The van der Waals surface area contributed by atoms with Gasteiger partial charge in [-0.25, -0.2) is 0 Å². The van der Waals surface area contributed by atoms with Crippen LogP contribution in [0.2, 0.25) is 0 Å². The number of fused-ring (bicyclic) bond motifs is 6. The first-order chi connectivity index (χ1) is 28.8. The standard InChI is InChI=1S/C56H37NO/c1-3-15-38(16-4-1)40-29-31-43(32-30-40)46-22-11-12-26-52(46)57(44-35-33-41(34-36-44)39-17-5-2-6-18-39)53-27-14-28-54-55(53)51-37-50(48-23-9-10-24-49(48)56(51)58-54)47-25-13-20-42-19-7-8-21-45(42)47/h1-37H. The molecule has 0 amide bonds. The van der Waals surface area contributed by atoms with Crippen LogP contribution in [-0.2, 0) is 0 Å². The Morgan fingerprint density at radius 1 is 0.310 bits per heavy atom. The topological polar surface area (TPSA) is 16.4 Å². The highest BCUT2D eigenvalue weighted by molar-refractivity contribution is 6.23. The summed E-state index contributed by atoms with van der Waals surface area (Å²) in [5.74, 6) is 0. The largest absolute Gasteiger partial charge is 0.455 e. The normalized spacial score (nSPS) is 11.4. The fraction of sp³-hybridized carbons (Fsp3) is 0. The highest BCUT2D eigenvalue weighted by Crippen LogP contribution is 2.48. The van der Waals surface area contributed by atoms with E-state index >= 15 is 0 Å². The average Bonchev–Trinajstić information content (AvgIpc) is 3.69. The van der Waals surface area contributed by atoms with Crippen LogP contribution >= 0.6 is 0 Å². The van der Waals surface area contributed by atoms with Gasteiger partial charge >= 0.3 is 0 Å². The first-order valence-corrected chi connectivity index (χ1v) is 19.8. The molecule has 272 valence electrons. The van der Waals surface area contributed by atoms with Gasteiger partial charge in [0.2, 0.25) is 0 Å². The molecule has 58 heavy (non-hydrogen) atoms. The maximum atomic E-state index is 6.93. The summed E-state index contributed by atoms with van der Waals surface area (Å²) in [6, 6.07) is 80.5. The van der Waals surface area contributed by atoms with Crippen molar-refractivity contribution in [3.63, 3.8) is 0 Å². The molecule has 11 rings (SSSR count). The maximum absolute atomic E-state index is 6.93. The fourth-order valence-corrected chi connectivity index (χ4v) is 8.73. The van der Waals surface area contributed by atoms with Crippen LogP contribution in [0.4, 0.5) is 17.1 Å². The monoisotopic (exact) mass is 739 g/mol. The van der Waals surface area contributed by atoms with Gasteiger partial charge in [-0.1, -0.05) is 188 Å². The third-order valence-electron chi connectivity index (χ3n) is 11.5. The van der Waals surface area contributed by atoms with Crippen LogP contribution < -0.4 is 4.90 Å². The summed E-state index contributed by atoms with van der Waals surface area (Å²) in [6.45, 7) is 0. The molecule has 0 fully saturated rings. The van der Waals surface area contributed by atoms with E-state index in [0.29, 0.717) is 0 Å². The van der Waals surface area contributed by atoms with Crippen molar-refractivity contribution in [2.75, 3.05) is 4.90 Å². The van der Waals surface area contributed by atoms with Gasteiger partial charge in [-0.05, 0) is 91.5 Å². The molecule has 0 spiro atoms. The van der Waals surface area contributed by atoms with Crippen LogP contribution in [0.3, 0.4) is 0 Å². The van der Waals surface area contributed by atoms with E-state index in [-0.39, 0.29) is 0 Å². The first-order valence-electron chi connectivity index (χ1n) is 19.8. The van der Waals surface area contributed by atoms with Gasteiger partial charge in [0.15, 0.2) is 0 Å². The van der Waals surface area contributed by atoms with Crippen molar-refractivity contribution < 1.29 is 4.42 Å². The first kappa shape index (κ1) is 33.6. The van der Waals surface area contributed by atoms with Gasteiger partial charge < -0.3 is 9.32 Å². The molecule has 10 aromatic carbocycles. The zero-order chi connectivity index (χ0) is 38.4. The third-order valence-corrected chi connectivity index (χ3v) is 11.5. The summed E-state index contributed by atoms with van der Waals surface area (Å²) < 4.78 is 6.93. The van der Waals surface area contributed by atoms with Crippen LogP contribution in [0.1, 0.15) is 0 Å². The Morgan fingerprint density at radius 3 is 1.57 bits per heavy atom. The summed E-state index contributed by atoms with van der Waals surface area (Å²) in [6.07, 6.45) is 0. The number of anilines is 3. The van der Waals surface area contributed by atoms with Crippen molar-refractivity contribution in [1.82, 2.24) is 0 Å². The number of benzene rings is 10. The van der Waals surface area contributed by atoms with Crippen molar-refractivity contribution in [2.45, 2.75) is 0 Å². The Balaban J connectivity index is 1.16. The van der Waals surface area contributed by atoms with Gasteiger partial charge in [0, 0.05) is 22.0 Å². The molecule has 0 N–H and O–H groups in total. The molecule has 1 heterocycles. The summed E-state index contributed by atoms with van der Waals surface area (Å²) in [5.41, 5.74) is 14.4. The molecule has 0 saturated heterocycles. The lowest BCUT2D eigenvalue weighted by Crippen LogP contribution is -2.11. The van der Waals surface area contributed by atoms with E-state index in [1.54, 1.807) is 0 Å². The van der Waals surface area contributed by atoms with Gasteiger partial charge in [0.25, 0.3) is 0 Å². The van der Waals surface area contributed by atoms with Crippen LogP contribution in [0, 0.1) is 0 Å². The molecule has 1 aromatic heterocycles. The van der Waals surface area contributed by atoms with Crippen molar-refractivity contribution in [3.8, 4) is 44.5 Å². The molecule has 0 aliphatic heterocycles. The van der Waals surface area contributed by atoms with Crippen molar-refractivity contribution >= 4 is 60.5 Å². The quantitative estimate of drug-likeness (QED) is 0.162. The minimum absolute atomic E-state index is 0.850. The zero-order valence-corrected chi connectivity index (χ0v) is 31.7. The summed E-state index contributed by atoms with van der Waals surface area (Å²) >= 11 is 0. The fourth-order valence-electron chi connectivity index (χ4n) is 8.73. The average molecular weight is 740 g/mol. The highest BCUT2D eigenvalue weighted by atomic mass is 16.3. The zero-order valence-electron chi connectivity index (χ0n) is 31.7. The lowest BCUT2D eigenvalue weighted by Gasteiger charge is -2.28. The van der Waals surface area contributed by atoms with Gasteiger partial charge in [-0.15, -0.1) is 0 Å². The van der Waals surface area contributed by atoms with Gasteiger partial charge in [0.05, 0.1) is 16.8 Å². The number of rotatable bonds is 7. The summed E-state index contributed by atoms with van der Waals surface area (Å²) in [5, 5.41) is 6.89. The van der Waals surface area contributed by atoms with Gasteiger partial charge in [0.1, 0.15) is 11.2 Å². The van der Waals surface area contributed by atoms with Crippen molar-refractivity contribution in [1.29, 1.82) is 0 Å². The van der Waals surface area contributed by atoms with E-state index in [1.165, 1.54) is 49.5 Å². The van der Waals surface area contributed by atoms with Crippen LogP contribution in [0.5, 0.6) is 0 Å². The highest BCUT2D eigenvalue weighted by Gasteiger charge is 2.24. The molecule has 0 unspecified atom stereocenters. The van der Waals surface area contributed by atoms with E-state index in [4.69, 9.17) is 4.42 Å². The van der Waals surface area contributed by atoms with Crippen molar-refractivity contribution in [2.24, 2.45) is 0 Å². The Labute approximate surface area is 337 Å². The second-order valence-corrected chi connectivity index (χ2v) is 14.8. The molecule has 11 aromatic rings. The minimum Gasteiger partial charge on any atom is -0.455 e. The van der Waals surface area contributed by atoms with E-state index in [9.17, 15) is 0 Å². The number of hydrogen-bond acceptors (Lipinski definition) is 2. The number of nitrogens with zero attached hydrogens (tertiary/aromatic N) is 1. The Bertz CT molecular complexity index is 3250. The van der Waals surface area contributed by atoms with E-state index in [1.807, 2.05) is 0 Å². The summed E-state index contributed by atoms with van der Waals surface area (Å²) in [4.78, 5) is 2.42. The summed E-state index contributed by atoms with van der Waals surface area (Å²) in [7, 11) is 0. The number of hydrogen-bond donors (Lipinski definition) is 0. The van der Waals surface area contributed by atoms with Gasteiger partial charge in [-0.2, -0.15) is 0 Å². The molecule has 0 aliphatic rings. The lowest BCUT2D eigenvalue weighted by molar-refractivity contribution is 0.672. The molecule has 2 heteroatoms. The third kappa shape index (κ3) is 5.74. The van der Waals surface area contributed by atoms with Crippen molar-refractivity contribution in [3.05, 3.63) is 224 Å². The molecule has 0 radical (unpaired) electrons. The molecule has 0 aliphatic carbocycles.